The van der Waals surface area contributed by atoms with Crippen LogP contribution in [-0.4, -0.2) is 38.6 Å². The minimum absolute atomic E-state index is 0.183. The van der Waals surface area contributed by atoms with Gasteiger partial charge in [0.05, 0.1) is 13.7 Å². The summed E-state index contributed by atoms with van der Waals surface area (Å²) in [7, 11) is 5.61. The first kappa shape index (κ1) is 17.4. The molecule has 0 spiro atoms. The lowest BCUT2D eigenvalue weighted by atomic mass is 10.2. The fraction of sp³-hybridized carbons (Fsp3) is 0.190. The van der Waals surface area contributed by atoms with Gasteiger partial charge in [0, 0.05) is 42.3 Å². The van der Waals surface area contributed by atoms with Crippen LogP contribution in [0.4, 0.5) is 5.69 Å². The number of rotatable bonds is 4. The Labute approximate surface area is 153 Å². The predicted molar refractivity (Wildman–Crippen MR) is 105 cm³/mol. The van der Waals surface area contributed by atoms with Gasteiger partial charge >= 0.3 is 0 Å². The quantitative estimate of drug-likeness (QED) is 0.713. The maximum atomic E-state index is 12.3. The average molecular weight is 347 g/mol. The molecule has 0 saturated carbocycles. The largest absolute Gasteiger partial charge is 0.497 e. The van der Waals surface area contributed by atoms with Crippen LogP contribution in [0.2, 0.25) is 0 Å². The van der Waals surface area contributed by atoms with Crippen molar-refractivity contribution in [2.75, 3.05) is 32.6 Å². The van der Waals surface area contributed by atoms with Gasteiger partial charge in [-0.15, -0.1) is 0 Å². The first-order valence-corrected chi connectivity index (χ1v) is 8.28. The van der Waals surface area contributed by atoms with Crippen molar-refractivity contribution in [3.05, 3.63) is 59.8 Å². The number of nitrogens with one attached hydrogen (secondary N) is 2. The number of hydrogen-bond acceptors (Lipinski definition) is 3. The van der Waals surface area contributed by atoms with E-state index in [1.807, 2.05) is 67.5 Å². The van der Waals surface area contributed by atoms with Gasteiger partial charge in [-0.1, -0.05) is 11.8 Å². The van der Waals surface area contributed by atoms with E-state index in [-0.39, 0.29) is 12.5 Å². The highest BCUT2D eigenvalue weighted by molar-refractivity contribution is 5.98. The molecule has 0 saturated heterocycles. The summed E-state index contributed by atoms with van der Waals surface area (Å²) in [4.78, 5) is 17.4. The minimum Gasteiger partial charge on any atom is -0.497 e. The molecule has 5 heteroatoms. The Bertz CT molecular complexity index is 976. The van der Waals surface area contributed by atoms with Crippen LogP contribution < -0.4 is 15.0 Å². The van der Waals surface area contributed by atoms with Crippen molar-refractivity contribution in [3.63, 3.8) is 0 Å². The van der Waals surface area contributed by atoms with Gasteiger partial charge in [0.1, 0.15) is 11.4 Å². The molecule has 0 atom stereocenters. The molecular weight excluding hydrogens is 326 g/mol. The fourth-order valence-electron chi connectivity index (χ4n) is 2.56. The number of benzene rings is 2. The van der Waals surface area contributed by atoms with Crippen molar-refractivity contribution in [2.24, 2.45) is 0 Å². The molecule has 0 aliphatic heterocycles. The van der Waals surface area contributed by atoms with Gasteiger partial charge in [-0.2, -0.15) is 0 Å². The second-order valence-corrected chi connectivity index (χ2v) is 6.06. The van der Waals surface area contributed by atoms with Crippen LogP contribution in [-0.2, 0) is 0 Å². The number of carbonyl (C=O) groups is 1. The summed E-state index contributed by atoms with van der Waals surface area (Å²) >= 11 is 0. The molecule has 2 N–H and O–H groups in total. The van der Waals surface area contributed by atoms with Crippen LogP contribution in [0.15, 0.2) is 48.5 Å². The summed E-state index contributed by atoms with van der Waals surface area (Å²) in [5, 5.41) is 3.77. The normalized spacial score (nSPS) is 10.1. The second-order valence-electron chi connectivity index (χ2n) is 6.06. The van der Waals surface area contributed by atoms with E-state index in [1.165, 1.54) is 0 Å². The molecule has 0 aliphatic carbocycles. The molecule has 0 unspecified atom stereocenters. The van der Waals surface area contributed by atoms with Crippen LogP contribution in [0.3, 0.4) is 0 Å². The van der Waals surface area contributed by atoms with Crippen LogP contribution in [0, 0.1) is 11.8 Å². The van der Waals surface area contributed by atoms with Crippen molar-refractivity contribution in [1.29, 1.82) is 0 Å². The number of methoxy groups -OCH3 is 1. The lowest BCUT2D eigenvalue weighted by Gasteiger charge is -2.11. The van der Waals surface area contributed by atoms with Crippen LogP contribution in [0.25, 0.3) is 10.9 Å². The van der Waals surface area contributed by atoms with Crippen molar-refractivity contribution in [3.8, 4) is 17.6 Å². The number of ether oxygens (including phenoxy) is 1. The lowest BCUT2D eigenvalue weighted by Crippen LogP contribution is -2.23. The van der Waals surface area contributed by atoms with Crippen molar-refractivity contribution < 1.29 is 9.53 Å². The van der Waals surface area contributed by atoms with Gasteiger partial charge < -0.3 is 19.9 Å². The third-order valence-electron chi connectivity index (χ3n) is 4.03. The van der Waals surface area contributed by atoms with Gasteiger partial charge in [0.15, 0.2) is 0 Å². The van der Waals surface area contributed by atoms with Gasteiger partial charge in [0.2, 0.25) is 0 Å². The van der Waals surface area contributed by atoms with E-state index in [9.17, 15) is 4.79 Å². The highest BCUT2D eigenvalue weighted by atomic mass is 16.5. The smallest absolute Gasteiger partial charge is 0.268 e. The molecular formula is C21H21N3O2. The average Bonchev–Trinajstić information content (AvgIpc) is 3.08. The van der Waals surface area contributed by atoms with Gasteiger partial charge in [-0.05, 0) is 42.5 Å². The fourth-order valence-corrected chi connectivity index (χ4v) is 2.56. The Morgan fingerprint density at radius 2 is 1.92 bits per heavy atom. The number of anilines is 1. The van der Waals surface area contributed by atoms with Gasteiger partial charge in [-0.25, -0.2) is 0 Å². The van der Waals surface area contributed by atoms with E-state index in [2.05, 4.69) is 22.1 Å². The molecule has 1 amide bonds. The Kier molecular flexibility index (Phi) is 5.14. The number of aromatic amines is 1. The second kappa shape index (κ2) is 7.66. The van der Waals surface area contributed by atoms with Crippen molar-refractivity contribution in [1.82, 2.24) is 10.3 Å². The Hall–Kier alpha value is -3.39. The molecule has 2 aromatic carbocycles. The molecule has 26 heavy (non-hydrogen) atoms. The zero-order valence-corrected chi connectivity index (χ0v) is 15.1. The van der Waals surface area contributed by atoms with Crippen LogP contribution >= 0.6 is 0 Å². The third kappa shape index (κ3) is 3.98. The summed E-state index contributed by atoms with van der Waals surface area (Å²) in [6.45, 7) is 0.285. The third-order valence-corrected chi connectivity index (χ3v) is 4.03. The minimum atomic E-state index is -0.183. The molecule has 1 aromatic heterocycles. The Morgan fingerprint density at radius 3 is 2.62 bits per heavy atom. The number of hydrogen-bond donors (Lipinski definition) is 2. The predicted octanol–water partition coefficient (Wildman–Crippen LogP) is 3.02. The van der Waals surface area contributed by atoms with E-state index < -0.39 is 0 Å². The molecule has 0 aliphatic rings. The maximum Gasteiger partial charge on any atom is 0.268 e. The first-order valence-electron chi connectivity index (χ1n) is 8.28. The molecule has 0 bridgehead atoms. The van der Waals surface area contributed by atoms with Crippen LogP contribution in [0.1, 0.15) is 16.1 Å². The molecule has 3 rings (SSSR count). The van der Waals surface area contributed by atoms with E-state index >= 15 is 0 Å². The van der Waals surface area contributed by atoms with Gasteiger partial charge in [0.25, 0.3) is 5.91 Å². The van der Waals surface area contributed by atoms with Crippen LogP contribution in [0.5, 0.6) is 5.75 Å². The summed E-state index contributed by atoms with van der Waals surface area (Å²) in [5.74, 6) is 6.59. The number of carbonyl (C=O) groups excluding carboxylic acids is 1. The van der Waals surface area contributed by atoms with Crippen molar-refractivity contribution >= 4 is 22.5 Å². The number of fused-ring (bicyclic) bond motifs is 1. The number of nitrogens with zero attached hydrogens (tertiary/aromatic N) is 1. The van der Waals surface area contributed by atoms with Gasteiger partial charge in [-0.3, -0.25) is 4.79 Å². The highest BCUT2D eigenvalue weighted by Crippen LogP contribution is 2.21. The SMILES string of the molecule is COc1ccc2cc(C(=O)NCC#Cc3ccc(N(C)C)cc3)[nH]c2c1. The molecule has 1 heterocycles. The van der Waals surface area contributed by atoms with E-state index in [4.69, 9.17) is 4.74 Å². The molecule has 132 valence electrons. The zero-order chi connectivity index (χ0) is 18.5. The van der Waals surface area contributed by atoms with E-state index in [0.717, 1.165) is 27.9 Å². The molecule has 3 aromatic rings. The van der Waals surface area contributed by atoms with E-state index in [1.54, 1.807) is 7.11 Å². The lowest BCUT2D eigenvalue weighted by molar-refractivity contribution is 0.0954. The summed E-state index contributed by atoms with van der Waals surface area (Å²) < 4.78 is 5.19. The molecule has 5 nitrogen and oxygen atoms in total. The number of H-pyrrole nitrogens is 1. The Balaban J connectivity index is 1.61. The van der Waals surface area contributed by atoms with E-state index in [0.29, 0.717) is 5.69 Å². The monoisotopic (exact) mass is 347 g/mol. The maximum absolute atomic E-state index is 12.3. The molecule has 0 radical (unpaired) electrons. The topological polar surface area (TPSA) is 57.4 Å². The first-order chi connectivity index (χ1) is 12.6. The summed E-state index contributed by atoms with van der Waals surface area (Å²) in [6.07, 6.45) is 0. The summed E-state index contributed by atoms with van der Waals surface area (Å²) in [6, 6.07) is 15.4. The summed E-state index contributed by atoms with van der Waals surface area (Å²) in [5.41, 5.74) is 3.41. The number of amides is 1. The molecule has 0 fully saturated rings. The zero-order valence-electron chi connectivity index (χ0n) is 15.1. The number of aromatic nitrogens is 1. The highest BCUT2D eigenvalue weighted by Gasteiger charge is 2.09. The Morgan fingerprint density at radius 1 is 1.15 bits per heavy atom. The van der Waals surface area contributed by atoms with Crippen molar-refractivity contribution in [2.45, 2.75) is 0 Å². The standard InChI is InChI=1S/C21H21N3O2/c1-24(2)17-9-6-15(7-10-17)5-4-12-22-21(25)20-13-16-8-11-18(26-3)14-19(16)23-20/h6-11,13-14,23H,12H2,1-3H3,(H,22,25).